The average Bonchev–Trinajstić information content (AvgIpc) is 2.71. The second kappa shape index (κ2) is 9.08. The van der Waals surface area contributed by atoms with E-state index in [4.69, 9.17) is 0 Å². The van der Waals surface area contributed by atoms with Crippen LogP contribution in [0.15, 0.2) is 58.4 Å². The molecule has 0 atom stereocenters. The van der Waals surface area contributed by atoms with Gasteiger partial charge in [-0.05, 0) is 25.0 Å². The van der Waals surface area contributed by atoms with Crippen molar-refractivity contribution in [1.82, 2.24) is 15.2 Å². The van der Waals surface area contributed by atoms with Crippen LogP contribution in [0.25, 0.3) is 10.8 Å². The molecular weight excluding hydrogens is 352 g/mol. The summed E-state index contributed by atoms with van der Waals surface area (Å²) in [6.45, 7) is 4.60. The van der Waals surface area contributed by atoms with E-state index in [9.17, 15) is 9.59 Å². The van der Waals surface area contributed by atoms with E-state index in [0.29, 0.717) is 17.3 Å². The predicted octanol–water partition coefficient (Wildman–Crippen LogP) is 3.66. The smallest absolute Gasteiger partial charge is 0.267 e. The highest BCUT2D eigenvalue weighted by atomic mass is 16.2. The number of hydrogen-bond donors (Lipinski definition) is 1. The molecule has 6 heteroatoms. The van der Waals surface area contributed by atoms with Crippen molar-refractivity contribution in [3.63, 3.8) is 0 Å². The van der Waals surface area contributed by atoms with Gasteiger partial charge in [0.2, 0.25) is 0 Å². The van der Waals surface area contributed by atoms with Gasteiger partial charge in [-0.1, -0.05) is 67.8 Å². The third kappa shape index (κ3) is 4.52. The maximum Gasteiger partial charge on any atom is 0.292 e. The summed E-state index contributed by atoms with van der Waals surface area (Å²) in [5.41, 5.74) is 4.59. The molecule has 144 valence electrons. The standard InChI is InChI=1S/C22H24N4O2/c1-3-4-7-14-26-22(28)19-9-6-5-8-18(19)20(25-26)21(27)24-23-15-17-12-10-16(2)11-13-17/h5-6,8-13,15H,3-4,7,14H2,1-2H3,(H,24,27)/b23-15-. The van der Waals surface area contributed by atoms with Crippen molar-refractivity contribution in [3.8, 4) is 0 Å². The van der Waals surface area contributed by atoms with Gasteiger partial charge in [0.25, 0.3) is 11.5 Å². The number of amides is 1. The molecule has 0 fully saturated rings. The van der Waals surface area contributed by atoms with Gasteiger partial charge in [-0.2, -0.15) is 10.2 Å². The Labute approximate surface area is 163 Å². The summed E-state index contributed by atoms with van der Waals surface area (Å²) in [4.78, 5) is 25.4. The molecule has 0 bridgehead atoms. The molecule has 0 aliphatic carbocycles. The lowest BCUT2D eigenvalue weighted by Gasteiger charge is -2.10. The van der Waals surface area contributed by atoms with E-state index in [1.54, 1.807) is 30.5 Å². The van der Waals surface area contributed by atoms with Gasteiger partial charge in [-0.3, -0.25) is 9.59 Å². The van der Waals surface area contributed by atoms with Crippen molar-refractivity contribution in [2.24, 2.45) is 5.10 Å². The van der Waals surface area contributed by atoms with Crippen LogP contribution in [0, 0.1) is 6.92 Å². The molecule has 0 spiro atoms. The van der Waals surface area contributed by atoms with Crippen molar-refractivity contribution < 1.29 is 4.79 Å². The van der Waals surface area contributed by atoms with Gasteiger partial charge in [0.1, 0.15) is 0 Å². The van der Waals surface area contributed by atoms with E-state index in [1.807, 2.05) is 31.2 Å². The number of fused-ring (bicyclic) bond motifs is 1. The molecule has 1 aromatic heterocycles. The van der Waals surface area contributed by atoms with Crippen molar-refractivity contribution in [2.45, 2.75) is 39.7 Å². The largest absolute Gasteiger partial charge is 0.292 e. The highest BCUT2D eigenvalue weighted by molar-refractivity contribution is 6.04. The van der Waals surface area contributed by atoms with Gasteiger partial charge < -0.3 is 0 Å². The molecule has 6 nitrogen and oxygen atoms in total. The lowest BCUT2D eigenvalue weighted by atomic mass is 10.1. The Hall–Kier alpha value is -3.28. The van der Waals surface area contributed by atoms with Crippen LogP contribution in [-0.4, -0.2) is 21.9 Å². The topological polar surface area (TPSA) is 76.3 Å². The lowest BCUT2D eigenvalue weighted by molar-refractivity contribution is 0.0949. The number of benzene rings is 2. The van der Waals surface area contributed by atoms with Crippen molar-refractivity contribution in [1.29, 1.82) is 0 Å². The van der Waals surface area contributed by atoms with Crippen molar-refractivity contribution >= 4 is 22.9 Å². The van der Waals surface area contributed by atoms with E-state index in [-0.39, 0.29) is 11.3 Å². The molecule has 0 saturated carbocycles. The zero-order valence-electron chi connectivity index (χ0n) is 16.2. The Morgan fingerprint density at radius 2 is 1.82 bits per heavy atom. The molecule has 1 heterocycles. The van der Waals surface area contributed by atoms with Crippen LogP contribution in [0.1, 0.15) is 47.8 Å². The number of nitrogens with zero attached hydrogens (tertiary/aromatic N) is 3. The maximum absolute atomic E-state index is 12.7. The zero-order valence-corrected chi connectivity index (χ0v) is 16.2. The first-order chi connectivity index (χ1) is 13.6. The Morgan fingerprint density at radius 1 is 1.11 bits per heavy atom. The minimum atomic E-state index is -0.441. The van der Waals surface area contributed by atoms with Crippen LogP contribution >= 0.6 is 0 Å². The average molecular weight is 376 g/mol. The van der Waals surface area contributed by atoms with Gasteiger partial charge in [0, 0.05) is 11.9 Å². The molecular formula is C22H24N4O2. The predicted molar refractivity (Wildman–Crippen MR) is 112 cm³/mol. The van der Waals surface area contributed by atoms with Gasteiger partial charge in [0.05, 0.1) is 11.6 Å². The Balaban J connectivity index is 1.87. The highest BCUT2D eigenvalue weighted by Gasteiger charge is 2.16. The fourth-order valence-corrected chi connectivity index (χ4v) is 2.94. The van der Waals surface area contributed by atoms with E-state index in [2.05, 4.69) is 22.5 Å². The van der Waals surface area contributed by atoms with Crippen LogP contribution in [0.2, 0.25) is 0 Å². The van der Waals surface area contributed by atoms with E-state index in [0.717, 1.165) is 30.4 Å². The van der Waals surface area contributed by atoms with Gasteiger partial charge >= 0.3 is 0 Å². The number of carbonyl (C=O) groups is 1. The quantitative estimate of drug-likeness (QED) is 0.388. The number of hydrazone groups is 1. The normalized spacial score (nSPS) is 11.2. The number of aryl methyl sites for hydroxylation is 2. The van der Waals surface area contributed by atoms with Crippen molar-refractivity contribution in [3.05, 3.63) is 75.7 Å². The summed E-state index contributed by atoms with van der Waals surface area (Å²) in [5, 5.41) is 9.38. The molecule has 0 saturated heterocycles. The number of carbonyl (C=O) groups excluding carboxylic acids is 1. The fourth-order valence-electron chi connectivity index (χ4n) is 2.94. The first kappa shape index (κ1) is 19.5. The summed E-state index contributed by atoms with van der Waals surface area (Å²) < 4.78 is 1.39. The minimum Gasteiger partial charge on any atom is -0.267 e. The van der Waals surface area contributed by atoms with Gasteiger partial charge in [0.15, 0.2) is 5.69 Å². The van der Waals surface area contributed by atoms with Crippen LogP contribution in [-0.2, 0) is 6.54 Å². The summed E-state index contributed by atoms with van der Waals surface area (Å²) >= 11 is 0. The summed E-state index contributed by atoms with van der Waals surface area (Å²) in [5.74, 6) is -0.441. The molecule has 0 aliphatic rings. The zero-order chi connectivity index (χ0) is 19.9. The molecule has 1 N–H and O–H groups in total. The number of unbranched alkanes of at least 4 members (excludes halogenated alkanes) is 2. The Bertz CT molecular complexity index is 1050. The third-order valence-electron chi connectivity index (χ3n) is 4.51. The molecule has 28 heavy (non-hydrogen) atoms. The molecule has 2 aromatic carbocycles. The maximum atomic E-state index is 12.7. The molecule has 0 radical (unpaired) electrons. The SMILES string of the molecule is CCCCCn1nc(C(=O)N/N=C\c2ccc(C)cc2)c2ccccc2c1=O. The van der Waals surface area contributed by atoms with Crippen LogP contribution in [0.3, 0.4) is 0 Å². The fraction of sp³-hybridized carbons (Fsp3) is 0.273. The first-order valence-corrected chi connectivity index (χ1v) is 9.50. The summed E-state index contributed by atoms with van der Waals surface area (Å²) in [7, 11) is 0. The van der Waals surface area contributed by atoms with Crippen LogP contribution < -0.4 is 11.0 Å². The number of aromatic nitrogens is 2. The Kier molecular flexibility index (Phi) is 6.32. The van der Waals surface area contributed by atoms with Crippen LogP contribution in [0.4, 0.5) is 0 Å². The first-order valence-electron chi connectivity index (χ1n) is 9.50. The minimum absolute atomic E-state index is 0.175. The van der Waals surface area contributed by atoms with Crippen molar-refractivity contribution in [2.75, 3.05) is 0 Å². The summed E-state index contributed by atoms with van der Waals surface area (Å²) in [6.07, 6.45) is 4.47. The Morgan fingerprint density at radius 3 is 2.54 bits per heavy atom. The number of rotatable bonds is 7. The van der Waals surface area contributed by atoms with Gasteiger partial charge in [-0.15, -0.1) is 0 Å². The highest BCUT2D eigenvalue weighted by Crippen LogP contribution is 2.13. The summed E-state index contributed by atoms with van der Waals surface area (Å²) in [6, 6.07) is 14.8. The molecule has 0 unspecified atom stereocenters. The van der Waals surface area contributed by atoms with E-state index >= 15 is 0 Å². The molecule has 3 rings (SSSR count). The third-order valence-corrected chi connectivity index (χ3v) is 4.51. The van der Waals surface area contributed by atoms with Gasteiger partial charge in [-0.25, -0.2) is 10.1 Å². The second-order valence-corrected chi connectivity index (χ2v) is 6.74. The number of nitrogens with one attached hydrogen (secondary N) is 1. The number of hydrogen-bond acceptors (Lipinski definition) is 4. The van der Waals surface area contributed by atoms with E-state index < -0.39 is 5.91 Å². The second-order valence-electron chi connectivity index (χ2n) is 6.74. The lowest BCUT2D eigenvalue weighted by Crippen LogP contribution is -2.29. The molecule has 1 amide bonds. The van der Waals surface area contributed by atoms with Crippen LogP contribution in [0.5, 0.6) is 0 Å². The molecule has 3 aromatic rings. The van der Waals surface area contributed by atoms with E-state index in [1.165, 1.54) is 4.68 Å². The molecule has 0 aliphatic heterocycles. The monoisotopic (exact) mass is 376 g/mol.